The summed E-state index contributed by atoms with van der Waals surface area (Å²) in [5, 5.41) is 0.524. The summed E-state index contributed by atoms with van der Waals surface area (Å²) in [6.45, 7) is 2.47. The minimum atomic E-state index is -0.132. The van der Waals surface area contributed by atoms with E-state index in [-0.39, 0.29) is 5.78 Å². The number of hydrogen-bond acceptors (Lipinski definition) is 3. The molecule has 2 aromatic rings. The summed E-state index contributed by atoms with van der Waals surface area (Å²) in [7, 11) is 1.51. The normalized spacial score (nSPS) is 10.3. The van der Waals surface area contributed by atoms with Gasteiger partial charge < -0.3 is 9.47 Å². The van der Waals surface area contributed by atoms with Crippen LogP contribution in [-0.4, -0.2) is 19.5 Å². The molecule has 0 aliphatic heterocycles. The van der Waals surface area contributed by atoms with E-state index in [1.165, 1.54) is 7.11 Å². The van der Waals surface area contributed by atoms with Gasteiger partial charge in [0.2, 0.25) is 0 Å². The van der Waals surface area contributed by atoms with Crippen LogP contribution in [0.4, 0.5) is 0 Å². The summed E-state index contributed by atoms with van der Waals surface area (Å²) < 4.78 is 11.4. The first-order valence-corrected chi connectivity index (χ1v) is 7.54. The average molecular weight is 370 g/mol. The molecule has 0 saturated heterocycles. The summed E-state index contributed by atoms with van der Waals surface area (Å²) in [4.78, 5) is 12.6. The minimum absolute atomic E-state index is 0.132. The molecule has 2 rings (SSSR count). The molecule has 3 nitrogen and oxygen atoms in total. The van der Waals surface area contributed by atoms with Crippen LogP contribution in [0.3, 0.4) is 0 Å². The lowest BCUT2D eigenvalue weighted by molar-refractivity contribution is 0.103. The third kappa shape index (κ3) is 3.57. The summed E-state index contributed by atoms with van der Waals surface area (Å²) in [6.07, 6.45) is 0. The third-order valence-corrected chi connectivity index (χ3v) is 3.76. The largest absolute Gasteiger partial charge is 0.496 e. The second-order valence-corrected chi connectivity index (χ2v) is 5.54. The molecule has 0 radical (unpaired) electrons. The van der Waals surface area contributed by atoms with Crippen LogP contribution < -0.4 is 9.47 Å². The standard InChI is InChI=1S/C16H14BrClO3/c1-3-21-14-7-4-10(8-13(14)17)16(19)12-6-5-11(18)9-15(12)20-2/h4-9H,3H2,1-2H3. The van der Waals surface area contributed by atoms with E-state index in [2.05, 4.69) is 15.9 Å². The van der Waals surface area contributed by atoms with Crippen LogP contribution in [0.1, 0.15) is 22.8 Å². The molecule has 0 spiro atoms. The van der Waals surface area contributed by atoms with Crippen LogP contribution >= 0.6 is 27.5 Å². The van der Waals surface area contributed by atoms with Crippen molar-refractivity contribution in [2.45, 2.75) is 6.92 Å². The number of carbonyl (C=O) groups is 1. The zero-order chi connectivity index (χ0) is 15.4. The van der Waals surface area contributed by atoms with Crippen LogP contribution in [-0.2, 0) is 0 Å². The molecular weight excluding hydrogens is 356 g/mol. The second-order valence-electron chi connectivity index (χ2n) is 4.25. The predicted molar refractivity (Wildman–Crippen MR) is 86.7 cm³/mol. The Bertz CT molecular complexity index is 671. The maximum Gasteiger partial charge on any atom is 0.196 e. The van der Waals surface area contributed by atoms with Crippen molar-refractivity contribution in [1.29, 1.82) is 0 Å². The number of methoxy groups -OCH3 is 1. The molecule has 0 fully saturated rings. The molecule has 0 bridgehead atoms. The van der Waals surface area contributed by atoms with Gasteiger partial charge in [0.25, 0.3) is 0 Å². The van der Waals surface area contributed by atoms with Gasteiger partial charge in [-0.15, -0.1) is 0 Å². The molecule has 0 aliphatic carbocycles. The number of rotatable bonds is 5. The minimum Gasteiger partial charge on any atom is -0.496 e. The Morgan fingerprint density at radius 1 is 1.19 bits per heavy atom. The zero-order valence-electron chi connectivity index (χ0n) is 11.7. The summed E-state index contributed by atoms with van der Waals surface area (Å²) in [5.74, 6) is 1.03. The zero-order valence-corrected chi connectivity index (χ0v) is 14.0. The molecule has 21 heavy (non-hydrogen) atoms. The topological polar surface area (TPSA) is 35.5 Å². The van der Waals surface area contributed by atoms with Crippen molar-refractivity contribution in [2.24, 2.45) is 0 Å². The van der Waals surface area contributed by atoms with Gasteiger partial charge in [-0.3, -0.25) is 4.79 Å². The molecule has 2 aromatic carbocycles. The SMILES string of the molecule is CCOc1ccc(C(=O)c2ccc(Cl)cc2OC)cc1Br. The maximum absolute atomic E-state index is 12.6. The highest BCUT2D eigenvalue weighted by atomic mass is 79.9. The van der Waals surface area contributed by atoms with Gasteiger partial charge in [0.05, 0.1) is 23.8 Å². The molecule has 0 saturated carbocycles. The number of carbonyl (C=O) groups excluding carboxylic acids is 1. The fraction of sp³-hybridized carbons (Fsp3) is 0.188. The summed E-state index contributed by atoms with van der Waals surface area (Å²) in [6, 6.07) is 10.2. The highest BCUT2D eigenvalue weighted by Gasteiger charge is 2.16. The molecule has 0 amide bonds. The maximum atomic E-state index is 12.6. The smallest absolute Gasteiger partial charge is 0.196 e. The number of hydrogen-bond donors (Lipinski definition) is 0. The van der Waals surface area contributed by atoms with E-state index in [1.807, 2.05) is 6.92 Å². The Kier molecular flexibility index (Phi) is 5.26. The first-order chi connectivity index (χ1) is 10.1. The van der Waals surface area contributed by atoms with Crippen LogP contribution in [0.25, 0.3) is 0 Å². The molecular formula is C16H14BrClO3. The van der Waals surface area contributed by atoms with E-state index in [0.717, 1.165) is 4.47 Å². The van der Waals surface area contributed by atoms with E-state index >= 15 is 0 Å². The molecule has 0 atom stereocenters. The van der Waals surface area contributed by atoms with Crippen molar-refractivity contribution < 1.29 is 14.3 Å². The monoisotopic (exact) mass is 368 g/mol. The molecule has 0 N–H and O–H groups in total. The molecule has 0 unspecified atom stereocenters. The van der Waals surface area contributed by atoms with Crippen LogP contribution in [0.15, 0.2) is 40.9 Å². The number of ketones is 1. The van der Waals surface area contributed by atoms with Crippen molar-refractivity contribution >= 4 is 33.3 Å². The van der Waals surface area contributed by atoms with Gasteiger partial charge in [0.15, 0.2) is 5.78 Å². The Morgan fingerprint density at radius 2 is 1.95 bits per heavy atom. The predicted octanol–water partition coefficient (Wildman–Crippen LogP) is 4.74. The van der Waals surface area contributed by atoms with Gasteiger partial charge in [0.1, 0.15) is 11.5 Å². The fourth-order valence-corrected chi connectivity index (χ4v) is 2.58. The van der Waals surface area contributed by atoms with Crippen LogP contribution in [0.5, 0.6) is 11.5 Å². The van der Waals surface area contributed by atoms with E-state index in [1.54, 1.807) is 36.4 Å². The highest BCUT2D eigenvalue weighted by molar-refractivity contribution is 9.10. The van der Waals surface area contributed by atoms with Crippen molar-refractivity contribution in [3.05, 3.63) is 57.0 Å². The summed E-state index contributed by atoms with van der Waals surface area (Å²) in [5.41, 5.74) is 1.02. The first-order valence-electron chi connectivity index (χ1n) is 6.37. The van der Waals surface area contributed by atoms with Crippen LogP contribution in [0.2, 0.25) is 5.02 Å². The lowest BCUT2D eigenvalue weighted by Crippen LogP contribution is -2.04. The van der Waals surface area contributed by atoms with Gasteiger partial charge in [0, 0.05) is 10.6 Å². The lowest BCUT2D eigenvalue weighted by Gasteiger charge is -2.10. The van der Waals surface area contributed by atoms with Crippen molar-refractivity contribution in [3.8, 4) is 11.5 Å². The first kappa shape index (κ1) is 15.9. The molecule has 0 heterocycles. The molecule has 110 valence electrons. The van der Waals surface area contributed by atoms with Crippen molar-refractivity contribution in [1.82, 2.24) is 0 Å². The fourth-order valence-electron chi connectivity index (χ4n) is 1.92. The Morgan fingerprint density at radius 3 is 2.57 bits per heavy atom. The quantitative estimate of drug-likeness (QED) is 0.714. The lowest BCUT2D eigenvalue weighted by atomic mass is 10.0. The van der Waals surface area contributed by atoms with E-state index < -0.39 is 0 Å². The molecule has 5 heteroatoms. The van der Waals surface area contributed by atoms with Gasteiger partial charge in [-0.25, -0.2) is 0 Å². The average Bonchev–Trinajstić information content (AvgIpc) is 2.48. The number of halogens is 2. The second kappa shape index (κ2) is 6.96. The summed E-state index contributed by atoms with van der Waals surface area (Å²) >= 11 is 9.32. The molecule has 0 aliphatic rings. The van der Waals surface area contributed by atoms with Gasteiger partial charge in [-0.2, -0.15) is 0 Å². The highest BCUT2D eigenvalue weighted by Crippen LogP contribution is 2.29. The van der Waals surface area contributed by atoms with Crippen LogP contribution in [0, 0.1) is 0 Å². The number of ether oxygens (including phenoxy) is 2. The van der Waals surface area contributed by atoms with Gasteiger partial charge in [-0.05, 0) is 59.3 Å². The number of benzene rings is 2. The van der Waals surface area contributed by atoms with E-state index in [0.29, 0.717) is 34.3 Å². The molecule has 0 aromatic heterocycles. The van der Waals surface area contributed by atoms with Gasteiger partial charge >= 0.3 is 0 Å². The Labute approximate surface area is 137 Å². The van der Waals surface area contributed by atoms with E-state index in [4.69, 9.17) is 21.1 Å². The van der Waals surface area contributed by atoms with E-state index in [9.17, 15) is 4.79 Å². The third-order valence-electron chi connectivity index (χ3n) is 2.90. The Balaban J connectivity index is 2.38. The van der Waals surface area contributed by atoms with Gasteiger partial charge in [-0.1, -0.05) is 11.6 Å². The van der Waals surface area contributed by atoms with Crippen molar-refractivity contribution in [2.75, 3.05) is 13.7 Å². The van der Waals surface area contributed by atoms with Crippen molar-refractivity contribution in [3.63, 3.8) is 0 Å². The Hall–Kier alpha value is -1.52.